The number of hydrogen-bond donors (Lipinski definition) is 1. The molecular formula is C14H15FN2O. The van der Waals surface area contributed by atoms with Gasteiger partial charge in [0, 0.05) is 12.0 Å². The van der Waals surface area contributed by atoms with Crippen molar-refractivity contribution in [3.63, 3.8) is 0 Å². The van der Waals surface area contributed by atoms with Crippen molar-refractivity contribution in [3.05, 3.63) is 63.1 Å². The minimum atomic E-state index is -0.265. The largest absolute Gasteiger partial charge is 0.310 e. The molecule has 2 rings (SSSR count). The molecule has 2 aromatic rings. The SMILES string of the molecule is CCc1nc(Cc2ccc(F)cc2)[nH]c(=O)c1C. The third-order valence-electron chi connectivity index (χ3n) is 2.92. The molecular weight excluding hydrogens is 231 g/mol. The van der Waals surface area contributed by atoms with Crippen molar-refractivity contribution in [3.8, 4) is 0 Å². The molecule has 0 aliphatic carbocycles. The van der Waals surface area contributed by atoms with Gasteiger partial charge in [-0.15, -0.1) is 0 Å². The molecule has 0 spiro atoms. The average molecular weight is 246 g/mol. The maximum absolute atomic E-state index is 12.8. The number of nitrogens with one attached hydrogen (secondary N) is 1. The van der Waals surface area contributed by atoms with E-state index < -0.39 is 0 Å². The lowest BCUT2D eigenvalue weighted by atomic mass is 10.1. The maximum Gasteiger partial charge on any atom is 0.254 e. The lowest BCUT2D eigenvalue weighted by Gasteiger charge is -2.06. The number of hydrogen-bond acceptors (Lipinski definition) is 2. The van der Waals surface area contributed by atoms with Gasteiger partial charge in [-0.25, -0.2) is 9.37 Å². The van der Waals surface area contributed by atoms with Gasteiger partial charge in [-0.1, -0.05) is 19.1 Å². The van der Waals surface area contributed by atoms with Crippen LogP contribution in [0.1, 0.15) is 29.6 Å². The van der Waals surface area contributed by atoms with Gasteiger partial charge in [0.05, 0.1) is 5.69 Å². The zero-order valence-corrected chi connectivity index (χ0v) is 10.5. The summed E-state index contributed by atoms with van der Waals surface area (Å²) in [6.45, 7) is 3.74. The van der Waals surface area contributed by atoms with E-state index in [1.54, 1.807) is 19.1 Å². The zero-order chi connectivity index (χ0) is 13.1. The van der Waals surface area contributed by atoms with Crippen molar-refractivity contribution in [1.29, 1.82) is 0 Å². The van der Waals surface area contributed by atoms with Crippen LogP contribution in [0.2, 0.25) is 0 Å². The fourth-order valence-electron chi connectivity index (χ4n) is 1.85. The summed E-state index contributed by atoms with van der Waals surface area (Å²) < 4.78 is 12.8. The molecule has 0 atom stereocenters. The van der Waals surface area contributed by atoms with Gasteiger partial charge in [-0.2, -0.15) is 0 Å². The van der Waals surface area contributed by atoms with Gasteiger partial charge < -0.3 is 4.98 Å². The predicted octanol–water partition coefficient (Wildman–Crippen LogP) is 2.37. The van der Waals surface area contributed by atoms with Crippen LogP contribution in [-0.2, 0) is 12.8 Å². The summed E-state index contributed by atoms with van der Waals surface area (Å²) in [7, 11) is 0. The van der Waals surface area contributed by atoms with E-state index in [2.05, 4.69) is 9.97 Å². The van der Waals surface area contributed by atoms with E-state index in [1.165, 1.54) is 12.1 Å². The number of rotatable bonds is 3. The second-order valence-electron chi connectivity index (χ2n) is 4.24. The Morgan fingerprint density at radius 1 is 1.28 bits per heavy atom. The smallest absolute Gasteiger partial charge is 0.254 e. The summed E-state index contributed by atoms with van der Waals surface area (Å²) in [6.07, 6.45) is 1.23. The second-order valence-corrected chi connectivity index (χ2v) is 4.24. The molecule has 1 N–H and O–H groups in total. The summed E-state index contributed by atoms with van der Waals surface area (Å²) in [5.41, 5.74) is 2.31. The highest BCUT2D eigenvalue weighted by Gasteiger charge is 2.06. The van der Waals surface area contributed by atoms with Crippen LogP contribution in [0.15, 0.2) is 29.1 Å². The van der Waals surface area contributed by atoms with Crippen LogP contribution in [-0.4, -0.2) is 9.97 Å². The molecule has 3 nitrogen and oxygen atoms in total. The lowest BCUT2D eigenvalue weighted by Crippen LogP contribution is -2.17. The van der Waals surface area contributed by atoms with Gasteiger partial charge >= 0.3 is 0 Å². The Bertz CT molecular complexity index is 602. The van der Waals surface area contributed by atoms with Gasteiger partial charge in [-0.05, 0) is 31.0 Å². The number of aryl methyl sites for hydroxylation is 1. The van der Waals surface area contributed by atoms with Crippen LogP contribution < -0.4 is 5.56 Å². The van der Waals surface area contributed by atoms with Crippen molar-refractivity contribution in [2.24, 2.45) is 0 Å². The Morgan fingerprint density at radius 3 is 2.56 bits per heavy atom. The molecule has 0 fully saturated rings. The Kier molecular flexibility index (Phi) is 3.55. The third-order valence-corrected chi connectivity index (χ3v) is 2.92. The first kappa shape index (κ1) is 12.5. The highest BCUT2D eigenvalue weighted by Crippen LogP contribution is 2.08. The molecule has 1 aromatic heterocycles. The molecule has 0 bridgehead atoms. The summed E-state index contributed by atoms with van der Waals surface area (Å²) in [6, 6.07) is 6.20. The summed E-state index contributed by atoms with van der Waals surface area (Å²) in [5.74, 6) is 0.354. The monoisotopic (exact) mass is 246 g/mol. The Labute approximate surface area is 105 Å². The molecule has 18 heavy (non-hydrogen) atoms. The van der Waals surface area contributed by atoms with E-state index >= 15 is 0 Å². The minimum Gasteiger partial charge on any atom is -0.310 e. The van der Waals surface area contributed by atoms with Crippen LogP contribution in [0.4, 0.5) is 4.39 Å². The summed E-state index contributed by atoms with van der Waals surface area (Å²) in [4.78, 5) is 18.9. The first-order valence-corrected chi connectivity index (χ1v) is 5.93. The molecule has 0 saturated carbocycles. The lowest BCUT2D eigenvalue weighted by molar-refractivity contribution is 0.627. The minimum absolute atomic E-state index is 0.0982. The van der Waals surface area contributed by atoms with Gasteiger partial charge in [0.25, 0.3) is 5.56 Å². The fourth-order valence-corrected chi connectivity index (χ4v) is 1.85. The highest BCUT2D eigenvalue weighted by atomic mass is 19.1. The normalized spacial score (nSPS) is 10.6. The highest BCUT2D eigenvalue weighted by molar-refractivity contribution is 5.22. The molecule has 0 aliphatic heterocycles. The average Bonchev–Trinajstić information content (AvgIpc) is 2.36. The van der Waals surface area contributed by atoms with Crippen molar-refractivity contribution < 1.29 is 4.39 Å². The van der Waals surface area contributed by atoms with Crippen LogP contribution in [0, 0.1) is 12.7 Å². The predicted molar refractivity (Wildman–Crippen MR) is 68.2 cm³/mol. The van der Waals surface area contributed by atoms with Crippen molar-refractivity contribution in [2.45, 2.75) is 26.7 Å². The molecule has 94 valence electrons. The molecule has 4 heteroatoms. The first-order chi connectivity index (χ1) is 8.60. The Balaban J connectivity index is 2.32. The molecule has 0 saturated heterocycles. The van der Waals surface area contributed by atoms with Gasteiger partial charge in [-0.3, -0.25) is 4.79 Å². The van der Waals surface area contributed by atoms with Crippen molar-refractivity contribution in [1.82, 2.24) is 9.97 Å². The van der Waals surface area contributed by atoms with E-state index in [9.17, 15) is 9.18 Å². The molecule has 0 unspecified atom stereocenters. The molecule has 1 heterocycles. The van der Waals surface area contributed by atoms with Crippen LogP contribution in [0.5, 0.6) is 0 Å². The number of H-pyrrole nitrogens is 1. The number of halogens is 1. The van der Waals surface area contributed by atoms with Gasteiger partial charge in [0.15, 0.2) is 0 Å². The number of benzene rings is 1. The summed E-state index contributed by atoms with van der Waals surface area (Å²) >= 11 is 0. The molecule has 0 radical (unpaired) electrons. The molecule has 0 aliphatic rings. The van der Waals surface area contributed by atoms with Crippen LogP contribution in [0.3, 0.4) is 0 Å². The Hall–Kier alpha value is -1.97. The van der Waals surface area contributed by atoms with E-state index in [4.69, 9.17) is 0 Å². The van der Waals surface area contributed by atoms with Gasteiger partial charge in [0.2, 0.25) is 0 Å². The number of aromatic nitrogens is 2. The van der Waals surface area contributed by atoms with Crippen LogP contribution >= 0.6 is 0 Å². The van der Waals surface area contributed by atoms with E-state index in [1.807, 2.05) is 6.92 Å². The van der Waals surface area contributed by atoms with Gasteiger partial charge in [0.1, 0.15) is 11.6 Å². The first-order valence-electron chi connectivity index (χ1n) is 5.93. The zero-order valence-electron chi connectivity index (χ0n) is 10.5. The number of nitrogens with zero attached hydrogens (tertiary/aromatic N) is 1. The van der Waals surface area contributed by atoms with Crippen LogP contribution in [0.25, 0.3) is 0 Å². The topological polar surface area (TPSA) is 45.8 Å². The van der Waals surface area contributed by atoms with E-state index in [0.717, 1.165) is 17.7 Å². The fraction of sp³-hybridized carbons (Fsp3) is 0.286. The van der Waals surface area contributed by atoms with Crippen molar-refractivity contribution >= 4 is 0 Å². The molecule has 1 aromatic carbocycles. The third kappa shape index (κ3) is 2.64. The molecule has 0 amide bonds. The maximum atomic E-state index is 12.8. The Morgan fingerprint density at radius 2 is 1.94 bits per heavy atom. The quantitative estimate of drug-likeness (QED) is 0.903. The van der Waals surface area contributed by atoms with E-state index in [-0.39, 0.29) is 11.4 Å². The number of aromatic amines is 1. The standard InChI is InChI=1S/C14H15FN2O/c1-3-12-9(2)14(18)17-13(16-12)8-10-4-6-11(15)7-5-10/h4-7H,3,8H2,1-2H3,(H,16,17,18). The summed E-state index contributed by atoms with van der Waals surface area (Å²) in [5, 5.41) is 0. The van der Waals surface area contributed by atoms with E-state index in [0.29, 0.717) is 17.8 Å². The second kappa shape index (κ2) is 5.12. The van der Waals surface area contributed by atoms with Crippen molar-refractivity contribution in [2.75, 3.05) is 0 Å².